The molecule has 0 aliphatic rings. The van der Waals surface area contributed by atoms with Crippen molar-refractivity contribution in [2.75, 3.05) is 6.54 Å². The average Bonchev–Trinajstić information content (AvgIpc) is 3.00. The first-order valence-electron chi connectivity index (χ1n) is 8.15. The zero-order valence-electron chi connectivity index (χ0n) is 13.5. The van der Waals surface area contributed by atoms with E-state index in [1.165, 1.54) is 16.7 Å². The molecule has 0 saturated carbocycles. The average molecular weight is 285 g/mol. The first kappa shape index (κ1) is 15.8. The minimum Gasteiger partial charge on any atom is -0.469 e. The molecular weight excluding hydrogens is 258 g/mol. The number of hydrogen-bond acceptors (Lipinski definition) is 2. The summed E-state index contributed by atoms with van der Waals surface area (Å²) in [5.41, 5.74) is 4.09. The molecule has 2 nitrogen and oxygen atoms in total. The predicted octanol–water partition coefficient (Wildman–Crippen LogP) is 4.69. The molecule has 2 heteroatoms. The van der Waals surface area contributed by atoms with Crippen molar-refractivity contribution in [2.24, 2.45) is 0 Å². The van der Waals surface area contributed by atoms with Crippen LogP contribution in [0.4, 0.5) is 0 Å². The van der Waals surface area contributed by atoms with Crippen molar-refractivity contribution in [1.82, 2.24) is 5.32 Å². The molecule has 0 bridgehead atoms. The van der Waals surface area contributed by atoms with Crippen molar-refractivity contribution in [2.45, 2.75) is 52.5 Å². The monoisotopic (exact) mass is 285 g/mol. The van der Waals surface area contributed by atoms with E-state index in [1.807, 2.05) is 6.26 Å². The predicted molar refractivity (Wildman–Crippen MR) is 88.6 cm³/mol. The van der Waals surface area contributed by atoms with Gasteiger partial charge in [0.2, 0.25) is 0 Å². The Morgan fingerprint density at radius 3 is 2.29 bits per heavy atom. The normalized spacial score (nSPS) is 12.5. The lowest BCUT2D eigenvalue weighted by molar-refractivity contribution is 0.481. The van der Waals surface area contributed by atoms with Crippen LogP contribution in [0.3, 0.4) is 0 Å². The molecular formula is C19H27NO. The van der Waals surface area contributed by atoms with Gasteiger partial charge in [-0.1, -0.05) is 45.0 Å². The van der Waals surface area contributed by atoms with Crippen LogP contribution in [0.2, 0.25) is 0 Å². The number of nitrogens with one attached hydrogen (secondary N) is 1. The fourth-order valence-corrected chi connectivity index (χ4v) is 2.71. The molecule has 1 heterocycles. The summed E-state index contributed by atoms with van der Waals surface area (Å²) in [4.78, 5) is 0. The highest BCUT2D eigenvalue weighted by molar-refractivity contribution is 5.27. The molecule has 2 aromatic rings. The molecule has 21 heavy (non-hydrogen) atoms. The summed E-state index contributed by atoms with van der Waals surface area (Å²) in [6.07, 6.45) is 6.01. The lowest BCUT2D eigenvalue weighted by Gasteiger charge is -2.19. The molecule has 0 radical (unpaired) electrons. The lowest BCUT2D eigenvalue weighted by Crippen LogP contribution is -2.24. The van der Waals surface area contributed by atoms with E-state index in [0.717, 1.165) is 38.0 Å². The second-order valence-corrected chi connectivity index (χ2v) is 5.53. The fraction of sp³-hybridized carbons (Fsp3) is 0.474. The quantitative estimate of drug-likeness (QED) is 0.761. The van der Waals surface area contributed by atoms with Crippen LogP contribution < -0.4 is 5.32 Å². The van der Waals surface area contributed by atoms with Crippen LogP contribution in [0.25, 0.3) is 0 Å². The Morgan fingerprint density at radius 1 is 0.952 bits per heavy atom. The van der Waals surface area contributed by atoms with Crippen molar-refractivity contribution in [3.63, 3.8) is 0 Å². The van der Waals surface area contributed by atoms with Gasteiger partial charge in [0.1, 0.15) is 5.76 Å². The largest absolute Gasteiger partial charge is 0.469 e. The highest BCUT2D eigenvalue weighted by Gasteiger charge is 2.17. The first-order valence-corrected chi connectivity index (χ1v) is 8.15. The maximum atomic E-state index is 5.61. The second kappa shape index (κ2) is 8.04. The third kappa shape index (κ3) is 4.21. The van der Waals surface area contributed by atoms with Crippen LogP contribution in [-0.2, 0) is 19.3 Å². The van der Waals surface area contributed by atoms with E-state index in [1.54, 1.807) is 0 Å². The first-order chi connectivity index (χ1) is 10.3. The molecule has 0 aliphatic heterocycles. The number of rotatable bonds is 8. The number of aryl methyl sites for hydroxylation is 2. The van der Waals surface area contributed by atoms with Crippen molar-refractivity contribution < 1.29 is 4.42 Å². The number of benzene rings is 1. The van der Waals surface area contributed by atoms with E-state index < -0.39 is 0 Å². The Morgan fingerprint density at radius 2 is 1.67 bits per heavy atom. The third-order valence-corrected chi connectivity index (χ3v) is 3.99. The summed E-state index contributed by atoms with van der Waals surface area (Å²) in [6, 6.07) is 11.4. The summed E-state index contributed by atoms with van der Waals surface area (Å²) in [6.45, 7) is 7.58. The number of furan rings is 1. The summed E-state index contributed by atoms with van der Waals surface area (Å²) in [5, 5.41) is 3.66. The van der Waals surface area contributed by atoms with Gasteiger partial charge in [-0.15, -0.1) is 0 Å². The van der Waals surface area contributed by atoms with Gasteiger partial charge in [0.15, 0.2) is 0 Å². The molecule has 1 N–H and O–H groups in total. The molecule has 114 valence electrons. The molecule has 2 rings (SSSR count). The van der Waals surface area contributed by atoms with Gasteiger partial charge < -0.3 is 9.73 Å². The van der Waals surface area contributed by atoms with E-state index in [9.17, 15) is 0 Å². The zero-order valence-corrected chi connectivity index (χ0v) is 13.5. The highest BCUT2D eigenvalue weighted by Crippen LogP contribution is 2.24. The Kier molecular flexibility index (Phi) is 6.06. The molecule has 0 aliphatic carbocycles. The van der Waals surface area contributed by atoms with Crippen molar-refractivity contribution in [3.8, 4) is 0 Å². The van der Waals surface area contributed by atoms with E-state index in [2.05, 4.69) is 56.4 Å². The topological polar surface area (TPSA) is 25.2 Å². The Balaban J connectivity index is 2.15. The minimum absolute atomic E-state index is 0.339. The van der Waals surface area contributed by atoms with E-state index in [-0.39, 0.29) is 0 Å². The van der Waals surface area contributed by atoms with Gasteiger partial charge in [-0.2, -0.15) is 0 Å². The maximum absolute atomic E-state index is 5.61. The molecule has 1 aromatic carbocycles. The second-order valence-electron chi connectivity index (χ2n) is 5.53. The SMILES string of the molecule is CCCNC(Cc1ccc(CC)cc1)c1ccoc1CC. The van der Waals surface area contributed by atoms with Crippen LogP contribution in [0.15, 0.2) is 41.0 Å². The van der Waals surface area contributed by atoms with Crippen LogP contribution in [-0.4, -0.2) is 6.54 Å². The standard InChI is InChI=1S/C19H27NO/c1-4-12-20-18(17-11-13-21-19(17)6-3)14-16-9-7-15(5-2)8-10-16/h7-11,13,18,20H,4-6,12,14H2,1-3H3. The number of hydrogen-bond donors (Lipinski definition) is 1. The third-order valence-electron chi connectivity index (χ3n) is 3.99. The smallest absolute Gasteiger partial charge is 0.108 e. The van der Waals surface area contributed by atoms with E-state index >= 15 is 0 Å². The van der Waals surface area contributed by atoms with Gasteiger partial charge in [0, 0.05) is 18.0 Å². The Hall–Kier alpha value is -1.54. The van der Waals surface area contributed by atoms with E-state index in [4.69, 9.17) is 4.42 Å². The van der Waals surface area contributed by atoms with Crippen LogP contribution in [0.5, 0.6) is 0 Å². The lowest BCUT2D eigenvalue weighted by atomic mass is 9.97. The molecule has 1 aromatic heterocycles. The van der Waals surface area contributed by atoms with Gasteiger partial charge in [0.05, 0.1) is 6.26 Å². The van der Waals surface area contributed by atoms with Gasteiger partial charge >= 0.3 is 0 Å². The Bertz CT molecular complexity index is 527. The van der Waals surface area contributed by atoms with Crippen LogP contribution in [0.1, 0.15) is 55.7 Å². The minimum atomic E-state index is 0.339. The molecule has 1 unspecified atom stereocenters. The highest BCUT2D eigenvalue weighted by atomic mass is 16.3. The zero-order chi connectivity index (χ0) is 15.1. The summed E-state index contributed by atoms with van der Waals surface area (Å²) in [5.74, 6) is 1.11. The fourth-order valence-electron chi connectivity index (χ4n) is 2.71. The molecule has 1 atom stereocenters. The Labute approximate surface area is 128 Å². The van der Waals surface area contributed by atoms with Crippen molar-refractivity contribution in [1.29, 1.82) is 0 Å². The van der Waals surface area contributed by atoms with E-state index in [0.29, 0.717) is 6.04 Å². The molecule has 0 saturated heterocycles. The van der Waals surface area contributed by atoms with Gasteiger partial charge in [-0.25, -0.2) is 0 Å². The van der Waals surface area contributed by atoms with Crippen LogP contribution in [0, 0.1) is 0 Å². The van der Waals surface area contributed by atoms with Gasteiger partial charge in [-0.05, 0) is 43.0 Å². The van der Waals surface area contributed by atoms with Crippen molar-refractivity contribution in [3.05, 3.63) is 59.0 Å². The molecule has 0 spiro atoms. The maximum Gasteiger partial charge on any atom is 0.108 e. The summed E-state index contributed by atoms with van der Waals surface area (Å²) >= 11 is 0. The summed E-state index contributed by atoms with van der Waals surface area (Å²) < 4.78 is 5.61. The van der Waals surface area contributed by atoms with Gasteiger partial charge in [0.25, 0.3) is 0 Å². The van der Waals surface area contributed by atoms with Crippen LogP contribution >= 0.6 is 0 Å². The van der Waals surface area contributed by atoms with Crippen molar-refractivity contribution >= 4 is 0 Å². The molecule has 0 amide bonds. The molecule has 0 fully saturated rings. The van der Waals surface area contributed by atoms with Gasteiger partial charge in [-0.3, -0.25) is 0 Å². The summed E-state index contributed by atoms with van der Waals surface area (Å²) in [7, 11) is 0.